The van der Waals surface area contributed by atoms with Crippen LogP contribution < -0.4 is 10.2 Å². The second kappa shape index (κ2) is 7.13. The molecule has 1 fully saturated rings. The molecule has 1 aromatic rings. The van der Waals surface area contributed by atoms with Crippen LogP contribution in [0.2, 0.25) is 0 Å². The summed E-state index contributed by atoms with van der Waals surface area (Å²) in [6.45, 7) is 5.09. The molecule has 7 nitrogen and oxygen atoms in total. The topological polar surface area (TPSA) is 90.0 Å². The molecular weight excluding hydrogens is 298 g/mol. The first-order valence-electron chi connectivity index (χ1n) is 7.55. The van der Waals surface area contributed by atoms with Crippen molar-refractivity contribution in [3.63, 3.8) is 0 Å². The van der Waals surface area contributed by atoms with E-state index in [0.29, 0.717) is 30.9 Å². The van der Waals surface area contributed by atoms with Gasteiger partial charge in [-0.2, -0.15) is 0 Å². The van der Waals surface area contributed by atoms with Crippen molar-refractivity contribution in [2.24, 2.45) is 5.92 Å². The fraction of sp³-hybridized carbons (Fsp3) is 0.438. The van der Waals surface area contributed by atoms with Crippen LogP contribution in [0.5, 0.6) is 0 Å². The van der Waals surface area contributed by atoms with Gasteiger partial charge < -0.3 is 15.3 Å². The Labute approximate surface area is 134 Å². The molecule has 0 spiro atoms. The normalized spacial score (nSPS) is 14.0. The first-order valence-corrected chi connectivity index (χ1v) is 7.55. The van der Waals surface area contributed by atoms with Gasteiger partial charge in [-0.1, -0.05) is 13.8 Å². The maximum Gasteiger partial charge on any atom is 0.323 e. The largest absolute Gasteiger partial charge is 0.480 e. The molecule has 2 N–H and O–H groups in total. The summed E-state index contributed by atoms with van der Waals surface area (Å²) in [7, 11) is 0. The van der Waals surface area contributed by atoms with Gasteiger partial charge in [-0.3, -0.25) is 14.5 Å². The molecule has 23 heavy (non-hydrogen) atoms. The number of carboxylic acid groups (broad SMARTS) is 1. The lowest BCUT2D eigenvalue weighted by molar-refractivity contribution is -0.137. The molecule has 0 saturated carbocycles. The van der Waals surface area contributed by atoms with E-state index in [9.17, 15) is 14.4 Å². The maximum atomic E-state index is 12.5. The van der Waals surface area contributed by atoms with Crippen LogP contribution in [-0.2, 0) is 4.79 Å². The number of aliphatic carboxylic acids is 1. The van der Waals surface area contributed by atoms with Crippen molar-refractivity contribution in [3.05, 3.63) is 29.8 Å². The zero-order chi connectivity index (χ0) is 17.0. The number of hydrogen-bond acceptors (Lipinski definition) is 3. The number of hydrogen-bond donors (Lipinski definition) is 2. The Kier molecular flexibility index (Phi) is 5.20. The lowest BCUT2D eigenvalue weighted by atomic mass is 10.1. The Hall–Kier alpha value is -2.57. The van der Waals surface area contributed by atoms with Crippen LogP contribution in [0.4, 0.5) is 10.5 Å². The summed E-state index contributed by atoms with van der Waals surface area (Å²) in [5.74, 6) is -1.19. The fourth-order valence-corrected chi connectivity index (χ4v) is 2.51. The SMILES string of the molecule is CC(C)CN(CC(=O)O)C(=O)c1ccc(N2CCNC2=O)cc1. The van der Waals surface area contributed by atoms with Crippen molar-refractivity contribution in [2.75, 3.05) is 31.1 Å². The van der Waals surface area contributed by atoms with Crippen molar-refractivity contribution in [1.29, 1.82) is 0 Å². The summed E-state index contributed by atoms with van der Waals surface area (Å²) in [6, 6.07) is 6.49. The van der Waals surface area contributed by atoms with Gasteiger partial charge in [0.2, 0.25) is 0 Å². The third-order valence-corrected chi connectivity index (χ3v) is 3.48. The van der Waals surface area contributed by atoms with Crippen molar-refractivity contribution in [2.45, 2.75) is 13.8 Å². The quantitative estimate of drug-likeness (QED) is 0.829. The second-order valence-corrected chi connectivity index (χ2v) is 5.90. The van der Waals surface area contributed by atoms with E-state index in [-0.39, 0.29) is 24.4 Å². The van der Waals surface area contributed by atoms with E-state index in [4.69, 9.17) is 5.11 Å². The van der Waals surface area contributed by atoms with Crippen molar-refractivity contribution >= 4 is 23.6 Å². The number of carbonyl (C=O) groups excluding carboxylic acids is 2. The summed E-state index contributed by atoms with van der Waals surface area (Å²) >= 11 is 0. The third kappa shape index (κ3) is 4.21. The average Bonchev–Trinajstić information content (AvgIpc) is 2.91. The van der Waals surface area contributed by atoms with E-state index in [0.717, 1.165) is 0 Å². The highest BCUT2D eigenvalue weighted by atomic mass is 16.4. The lowest BCUT2D eigenvalue weighted by Crippen LogP contribution is -2.38. The minimum atomic E-state index is -1.04. The van der Waals surface area contributed by atoms with Gasteiger partial charge in [-0.25, -0.2) is 4.79 Å². The monoisotopic (exact) mass is 319 g/mol. The molecular formula is C16H21N3O4. The van der Waals surface area contributed by atoms with Crippen LogP contribution in [0.3, 0.4) is 0 Å². The van der Waals surface area contributed by atoms with Crippen LogP contribution in [0.15, 0.2) is 24.3 Å². The van der Waals surface area contributed by atoms with Gasteiger partial charge in [0.25, 0.3) is 5.91 Å². The van der Waals surface area contributed by atoms with E-state index >= 15 is 0 Å². The third-order valence-electron chi connectivity index (χ3n) is 3.48. The van der Waals surface area contributed by atoms with Gasteiger partial charge in [0.05, 0.1) is 0 Å². The molecule has 1 aromatic carbocycles. The number of urea groups is 1. The predicted octanol–water partition coefficient (Wildman–Crippen LogP) is 1.40. The molecule has 0 bridgehead atoms. The number of amides is 3. The molecule has 7 heteroatoms. The molecule has 0 atom stereocenters. The van der Waals surface area contributed by atoms with Crippen molar-refractivity contribution in [1.82, 2.24) is 10.2 Å². The Morgan fingerprint density at radius 1 is 1.30 bits per heavy atom. The molecule has 0 unspecified atom stereocenters. The summed E-state index contributed by atoms with van der Waals surface area (Å²) in [5, 5.41) is 11.7. The summed E-state index contributed by atoms with van der Waals surface area (Å²) < 4.78 is 0. The van der Waals surface area contributed by atoms with Gasteiger partial charge in [0, 0.05) is 30.9 Å². The number of carbonyl (C=O) groups is 3. The average molecular weight is 319 g/mol. The molecule has 0 radical (unpaired) electrons. The summed E-state index contributed by atoms with van der Waals surface area (Å²) in [6.07, 6.45) is 0. The lowest BCUT2D eigenvalue weighted by Gasteiger charge is -2.23. The first-order chi connectivity index (χ1) is 10.9. The highest BCUT2D eigenvalue weighted by molar-refractivity contribution is 5.97. The van der Waals surface area contributed by atoms with E-state index in [1.54, 1.807) is 29.2 Å². The van der Waals surface area contributed by atoms with Gasteiger partial charge in [0.1, 0.15) is 6.54 Å². The molecule has 0 aliphatic carbocycles. The Morgan fingerprint density at radius 2 is 1.96 bits per heavy atom. The van der Waals surface area contributed by atoms with E-state index in [1.165, 1.54) is 4.90 Å². The molecule has 1 saturated heterocycles. The number of nitrogens with zero attached hydrogens (tertiary/aromatic N) is 2. The molecule has 1 heterocycles. The van der Waals surface area contributed by atoms with E-state index in [1.807, 2.05) is 13.8 Å². The van der Waals surface area contributed by atoms with Gasteiger partial charge in [0.15, 0.2) is 0 Å². The zero-order valence-corrected chi connectivity index (χ0v) is 13.3. The summed E-state index contributed by atoms with van der Waals surface area (Å²) in [4.78, 5) is 38.0. The van der Waals surface area contributed by atoms with E-state index in [2.05, 4.69) is 5.32 Å². The van der Waals surface area contributed by atoms with Crippen LogP contribution in [0, 0.1) is 5.92 Å². The van der Waals surface area contributed by atoms with Crippen LogP contribution in [0.25, 0.3) is 0 Å². The highest BCUT2D eigenvalue weighted by Gasteiger charge is 2.23. The predicted molar refractivity (Wildman–Crippen MR) is 85.6 cm³/mol. The maximum absolute atomic E-state index is 12.5. The first kappa shape index (κ1) is 16.8. The van der Waals surface area contributed by atoms with Crippen LogP contribution in [0.1, 0.15) is 24.2 Å². The van der Waals surface area contributed by atoms with Gasteiger partial charge in [-0.05, 0) is 30.2 Å². The Morgan fingerprint density at radius 3 is 2.43 bits per heavy atom. The number of rotatable bonds is 6. The van der Waals surface area contributed by atoms with Crippen molar-refractivity contribution < 1.29 is 19.5 Å². The summed E-state index contributed by atoms with van der Waals surface area (Å²) in [5.41, 5.74) is 1.13. The fourth-order valence-electron chi connectivity index (χ4n) is 2.51. The van der Waals surface area contributed by atoms with Crippen LogP contribution in [-0.4, -0.2) is 54.1 Å². The zero-order valence-electron chi connectivity index (χ0n) is 13.3. The number of anilines is 1. The molecule has 3 amide bonds. The Bertz CT molecular complexity index is 598. The molecule has 2 rings (SSSR count). The second-order valence-electron chi connectivity index (χ2n) is 5.90. The minimum Gasteiger partial charge on any atom is -0.480 e. The van der Waals surface area contributed by atoms with Gasteiger partial charge >= 0.3 is 12.0 Å². The minimum absolute atomic E-state index is 0.156. The Balaban J connectivity index is 2.14. The molecule has 0 aromatic heterocycles. The van der Waals surface area contributed by atoms with Gasteiger partial charge in [-0.15, -0.1) is 0 Å². The molecule has 124 valence electrons. The highest BCUT2D eigenvalue weighted by Crippen LogP contribution is 2.18. The van der Waals surface area contributed by atoms with E-state index < -0.39 is 5.97 Å². The molecule has 1 aliphatic rings. The van der Waals surface area contributed by atoms with Crippen molar-refractivity contribution in [3.8, 4) is 0 Å². The number of carboxylic acids is 1. The number of nitrogens with one attached hydrogen (secondary N) is 1. The molecule has 1 aliphatic heterocycles. The number of benzene rings is 1. The van der Waals surface area contributed by atoms with Crippen LogP contribution >= 0.6 is 0 Å². The smallest absolute Gasteiger partial charge is 0.323 e. The standard InChI is InChI=1S/C16H21N3O4/c1-11(2)9-18(10-14(20)21)15(22)12-3-5-13(6-4-12)19-8-7-17-16(19)23/h3-6,11H,7-10H2,1-2H3,(H,17,23)(H,20,21).